The van der Waals surface area contributed by atoms with E-state index in [-0.39, 0.29) is 5.57 Å². The summed E-state index contributed by atoms with van der Waals surface area (Å²) in [4.78, 5) is 24.0. The maximum Gasteiger partial charge on any atom is 0.267 e. The van der Waals surface area contributed by atoms with Gasteiger partial charge in [-0.3, -0.25) is 9.59 Å². The minimum absolute atomic E-state index is 0.265. The largest absolute Gasteiger partial charge is 0.399 e. The highest BCUT2D eigenvalue weighted by atomic mass is 35.5. The van der Waals surface area contributed by atoms with Crippen molar-refractivity contribution < 1.29 is 9.59 Å². The van der Waals surface area contributed by atoms with Gasteiger partial charge in [-0.15, -0.1) is 0 Å². The van der Waals surface area contributed by atoms with E-state index in [1.165, 1.54) is 12.1 Å². The molecule has 4 N–H and O–H groups in total. The molecule has 0 aliphatic heterocycles. The Morgan fingerprint density at radius 3 is 2.42 bits per heavy atom. The van der Waals surface area contributed by atoms with Crippen molar-refractivity contribution in [3.8, 4) is 6.07 Å². The second-order valence-electron chi connectivity index (χ2n) is 4.70. The summed E-state index contributed by atoms with van der Waals surface area (Å²) in [5.74, 6) is -1.14. The summed E-state index contributed by atoms with van der Waals surface area (Å²) in [5.41, 5.74) is 6.53. The second-order valence-corrected chi connectivity index (χ2v) is 5.11. The highest BCUT2D eigenvalue weighted by Crippen LogP contribution is 2.20. The number of nitriles is 1. The van der Waals surface area contributed by atoms with Gasteiger partial charge >= 0.3 is 0 Å². The maximum absolute atomic E-state index is 12.1. The number of benzene rings is 2. The molecule has 6 nitrogen and oxygen atoms in total. The average molecular weight is 341 g/mol. The maximum atomic E-state index is 12.1. The van der Waals surface area contributed by atoms with Crippen molar-refractivity contribution in [3.63, 3.8) is 0 Å². The molecule has 0 bridgehead atoms. The predicted molar refractivity (Wildman–Crippen MR) is 92.1 cm³/mol. The van der Waals surface area contributed by atoms with Crippen LogP contribution >= 0.6 is 11.6 Å². The van der Waals surface area contributed by atoms with Gasteiger partial charge in [-0.25, -0.2) is 0 Å². The van der Waals surface area contributed by atoms with Gasteiger partial charge in [0.1, 0.15) is 11.6 Å². The first kappa shape index (κ1) is 17.1. The molecule has 0 radical (unpaired) electrons. The van der Waals surface area contributed by atoms with Crippen LogP contribution in [0, 0.1) is 11.3 Å². The number of anilines is 2. The number of carbonyl (C=O) groups is 2. The van der Waals surface area contributed by atoms with Gasteiger partial charge in [0.2, 0.25) is 0 Å². The normalized spacial score (nSPS) is 10.6. The van der Waals surface area contributed by atoms with Crippen molar-refractivity contribution in [3.05, 3.63) is 70.9 Å². The molecule has 2 rings (SSSR count). The van der Waals surface area contributed by atoms with E-state index >= 15 is 0 Å². The second kappa shape index (κ2) is 7.81. The Hall–Kier alpha value is -3.30. The number of nitrogens with zero attached hydrogens (tertiary/aromatic N) is 1. The van der Waals surface area contributed by atoms with Crippen LogP contribution in [0.1, 0.15) is 10.4 Å². The fourth-order valence-electron chi connectivity index (χ4n) is 1.76. The molecule has 0 aliphatic rings. The number of nitrogens with one attached hydrogen (secondary N) is 2. The van der Waals surface area contributed by atoms with Crippen LogP contribution < -0.4 is 16.4 Å². The summed E-state index contributed by atoms with van der Waals surface area (Å²) in [5, 5.41) is 14.3. The smallest absolute Gasteiger partial charge is 0.267 e. The molecule has 0 aliphatic carbocycles. The number of nitrogens with two attached hydrogens (primary N) is 1. The van der Waals surface area contributed by atoms with Gasteiger partial charge in [0.15, 0.2) is 0 Å². The van der Waals surface area contributed by atoms with Crippen molar-refractivity contribution >= 4 is 34.8 Å². The molecule has 0 saturated heterocycles. The fraction of sp³-hybridized carbons (Fsp3) is 0. The van der Waals surface area contributed by atoms with E-state index in [2.05, 4.69) is 10.6 Å². The lowest BCUT2D eigenvalue weighted by atomic mass is 10.2. The summed E-state index contributed by atoms with van der Waals surface area (Å²) < 4.78 is 0. The van der Waals surface area contributed by atoms with Crippen molar-refractivity contribution in [1.29, 1.82) is 5.26 Å². The molecule has 0 aromatic heterocycles. The fourth-order valence-corrected chi connectivity index (χ4v) is 1.94. The zero-order valence-corrected chi connectivity index (χ0v) is 13.2. The van der Waals surface area contributed by atoms with Crippen LogP contribution in [0.25, 0.3) is 0 Å². The summed E-state index contributed by atoms with van der Waals surface area (Å²) in [7, 11) is 0. The number of hydrogen-bond donors (Lipinski definition) is 3. The summed E-state index contributed by atoms with van der Waals surface area (Å²) in [6.07, 6.45) is 1.05. The molecule has 0 heterocycles. The first-order chi connectivity index (χ1) is 11.5. The minimum Gasteiger partial charge on any atom is -0.399 e. The van der Waals surface area contributed by atoms with Crippen molar-refractivity contribution in [2.45, 2.75) is 0 Å². The van der Waals surface area contributed by atoms with Crippen molar-refractivity contribution in [2.75, 3.05) is 11.1 Å². The van der Waals surface area contributed by atoms with Crippen molar-refractivity contribution in [2.24, 2.45) is 0 Å². The van der Waals surface area contributed by atoms with E-state index in [1.54, 1.807) is 42.5 Å². The Kier molecular flexibility index (Phi) is 5.55. The lowest BCUT2D eigenvalue weighted by molar-refractivity contribution is -0.112. The number of halogens is 1. The zero-order valence-electron chi connectivity index (χ0n) is 12.4. The lowest BCUT2D eigenvalue weighted by Crippen LogP contribution is -2.21. The minimum atomic E-state index is -0.678. The molecular formula is C17H13ClN4O2. The summed E-state index contributed by atoms with van der Waals surface area (Å²) in [6.45, 7) is 0. The molecule has 24 heavy (non-hydrogen) atoms. The molecule has 2 aromatic rings. The molecule has 2 amide bonds. The van der Waals surface area contributed by atoms with E-state index in [9.17, 15) is 9.59 Å². The van der Waals surface area contributed by atoms with Gasteiger partial charge in [-0.2, -0.15) is 5.26 Å². The Morgan fingerprint density at radius 1 is 1.12 bits per heavy atom. The number of carbonyl (C=O) groups excluding carboxylic acids is 2. The Bertz CT molecular complexity index is 838. The van der Waals surface area contributed by atoms with E-state index in [0.29, 0.717) is 22.0 Å². The van der Waals surface area contributed by atoms with Gasteiger partial charge in [0, 0.05) is 17.5 Å². The van der Waals surface area contributed by atoms with Crippen LogP contribution in [0.15, 0.2) is 60.3 Å². The van der Waals surface area contributed by atoms with Gasteiger partial charge in [0.25, 0.3) is 11.8 Å². The molecule has 0 saturated carbocycles. The van der Waals surface area contributed by atoms with Gasteiger partial charge in [-0.1, -0.05) is 23.7 Å². The monoisotopic (exact) mass is 340 g/mol. The van der Waals surface area contributed by atoms with Gasteiger partial charge < -0.3 is 16.4 Å². The molecule has 0 spiro atoms. The molecule has 7 heteroatoms. The third kappa shape index (κ3) is 4.35. The SMILES string of the molecule is N#C/C(=C/NC(=O)c1ccc(N)cc1)C(=O)Nc1ccccc1Cl. The van der Waals surface area contributed by atoms with Crippen LogP contribution in [-0.2, 0) is 4.79 Å². The molecule has 0 fully saturated rings. The third-order valence-electron chi connectivity index (χ3n) is 3.01. The quantitative estimate of drug-likeness (QED) is 0.451. The topological polar surface area (TPSA) is 108 Å². The van der Waals surface area contributed by atoms with Crippen LogP contribution in [0.2, 0.25) is 5.02 Å². The van der Waals surface area contributed by atoms with Gasteiger partial charge in [-0.05, 0) is 36.4 Å². The lowest BCUT2D eigenvalue weighted by Gasteiger charge is -2.06. The number of nitrogen functional groups attached to an aromatic ring is 1. The van der Waals surface area contributed by atoms with Crippen LogP contribution in [-0.4, -0.2) is 11.8 Å². The molecule has 0 unspecified atom stereocenters. The van der Waals surface area contributed by atoms with Crippen LogP contribution in [0.5, 0.6) is 0 Å². The first-order valence-corrected chi connectivity index (χ1v) is 7.21. The van der Waals surface area contributed by atoms with Crippen molar-refractivity contribution in [1.82, 2.24) is 5.32 Å². The highest BCUT2D eigenvalue weighted by Gasteiger charge is 2.12. The Balaban J connectivity index is 2.07. The first-order valence-electron chi connectivity index (χ1n) is 6.84. The molecule has 120 valence electrons. The van der Waals surface area contributed by atoms with Gasteiger partial charge in [0.05, 0.1) is 10.7 Å². The van der Waals surface area contributed by atoms with E-state index in [4.69, 9.17) is 22.6 Å². The van der Waals surface area contributed by atoms with Crippen LogP contribution in [0.3, 0.4) is 0 Å². The zero-order chi connectivity index (χ0) is 17.5. The summed E-state index contributed by atoms with van der Waals surface area (Å²) in [6, 6.07) is 14.6. The number of rotatable bonds is 4. The Labute approximate surface area is 143 Å². The number of amides is 2. The number of para-hydroxylation sites is 1. The third-order valence-corrected chi connectivity index (χ3v) is 3.34. The predicted octanol–water partition coefficient (Wildman–Crippen LogP) is 2.70. The number of hydrogen-bond acceptors (Lipinski definition) is 4. The van der Waals surface area contributed by atoms with Crippen LogP contribution in [0.4, 0.5) is 11.4 Å². The standard InChI is InChI=1S/C17H13ClN4O2/c18-14-3-1-2-4-15(14)22-17(24)12(9-19)10-21-16(23)11-5-7-13(20)8-6-11/h1-8,10H,20H2,(H,21,23)(H,22,24)/b12-10-. The Morgan fingerprint density at radius 2 is 1.79 bits per heavy atom. The highest BCUT2D eigenvalue weighted by molar-refractivity contribution is 6.34. The van der Waals surface area contributed by atoms with E-state index in [1.807, 2.05) is 0 Å². The van der Waals surface area contributed by atoms with E-state index < -0.39 is 11.8 Å². The molecular weight excluding hydrogens is 328 g/mol. The average Bonchev–Trinajstić information content (AvgIpc) is 2.58. The molecule has 2 aromatic carbocycles. The molecule has 0 atom stereocenters. The summed E-state index contributed by atoms with van der Waals surface area (Å²) >= 11 is 5.94. The van der Waals surface area contributed by atoms with E-state index in [0.717, 1.165) is 6.20 Å².